The summed E-state index contributed by atoms with van der Waals surface area (Å²) in [6.45, 7) is 28.9. The topological polar surface area (TPSA) is 145 Å². The minimum absolute atomic E-state index is 0.108. The summed E-state index contributed by atoms with van der Waals surface area (Å²) in [7, 11) is 0. The van der Waals surface area contributed by atoms with Gasteiger partial charge < -0.3 is 56.8 Å². The Labute approximate surface area is 306 Å². The maximum atomic E-state index is 11.0. The van der Waals surface area contributed by atoms with Crippen LogP contribution in [-0.2, 0) is 66.4 Å². The summed E-state index contributed by atoms with van der Waals surface area (Å²) in [5.74, 6) is -0.938. The highest BCUT2D eigenvalue weighted by Crippen LogP contribution is 2.06. The Bertz CT molecular complexity index is 889. The molecule has 0 aromatic rings. The fraction of sp³-hybridized carbons (Fsp3) is 0.838. The molecule has 0 rings (SSSR count). The highest BCUT2D eigenvalue weighted by atomic mass is 16.6. The van der Waals surface area contributed by atoms with Crippen molar-refractivity contribution in [3.63, 3.8) is 0 Å². The van der Waals surface area contributed by atoms with E-state index in [4.69, 9.17) is 56.8 Å². The van der Waals surface area contributed by atoms with Crippen molar-refractivity contribution in [2.75, 3.05) is 85.9 Å². The molecule has 0 spiro atoms. The van der Waals surface area contributed by atoms with Crippen LogP contribution < -0.4 is 0 Å². The molecule has 9 unspecified atom stereocenters. The molecule has 0 heterocycles. The van der Waals surface area contributed by atoms with Gasteiger partial charge in [-0.1, -0.05) is 13.2 Å². The third-order valence-corrected chi connectivity index (χ3v) is 6.81. The molecule has 300 valence electrons. The van der Waals surface area contributed by atoms with Gasteiger partial charge in [0.1, 0.15) is 13.2 Å². The van der Waals surface area contributed by atoms with Crippen LogP contribution in [0.4, 0.5) is 0 Å². The van der Waals surface area contributed by atoms with Crippen molar-refractivity contribution in [2.45, 2.75) is 117 Å². The first-order valence-electron chi connectivity index (χ1n) is 18.0. The molecule has 0 aliphatic carbocycles. The average molecular weight is 737 g/mol. The third kappa shape index (κ3) is 31.3. The van der Waals surface area contributed by atoms with Gasteiger partial charge in [0.25, 0.3) is 0 Å². The van der Waals surface area contributed by atoms with Gasteiger partial charge in [0.15, 0.2) is 0 Å². The van der Waals surface area contributed by atoms with Crippen LogP contribution in [0.5, 0.6) is 0 Å². The molecule has 0 amide bonds. The van der Waals surface area contributed by atoms with E-state index in [1.807, 2.05) is 62.3 Å². The minimum Gasteiger partial charge on any atom is -0.460 e. The van der Waals surface area contributed by atoms with Gasteiger partial charge in [0, 0.05) is 12.2 Å². The molecular weight excluding hydrogens is 668 g/mol. The summed E-state index contributed by atoms with van der Waals surface area (Å²) >= 11 is 0. The minimum atomic E-state index is -0.469. The molecule has 0 N–H and O–H groups in total. The molecular formula is C37H68O14. The summed E-state index contributed by atoms with van der Waals surface area (Å²) in [5, 5.41) is 0. The summed E-state index contributed by atoms with van der Waals surface area (Å²) in [6.07, 6.45) is 1.20. The molecule has 0 fully saturated rings. The summed E-state index contributed by atoms with van der Waals surface area (Å²) in [4.78, 5) is 22.0. The van der Waals surface area contributed by atoms with Gasteiger partial charge in [-0.05, 0) is 62.3 Å². The Balaban J connectivity index is 3.90. The zero-order chi connectivity index (χ0) is 38.4. The summed E-state index contributed by atoms with van der Waals surface area (Å²) in [5.41, 5.74) is 0. The predicted octanol–water partition coefficient (Wildman–Crippen LogP) is 4.11. The lowest BCUT2D eigenvalue weighted by Crippen LogP contribution is -2.30. The van der Waals surface area contributed by atoms with Crippen molar-refractivity contribution in [3.05, 3.63) is 25.3 Å². The van der Waals surface area contributed by atoms with Crippen LogP contribution in [0.15, 0.2) is 25.3 Å². The van der Waals surface area contributed by atoms with E-state index >= 15 is 0 Å². The second-order valence-corrected chi connectivity index (χ2v) is 12.7. The van der Waals surface area contributed by atoms with Crippen molar-refractivity contribution in [1.82, 2.24) is 0 Å². The number of hydrogen-bond donors (Lipinski definition) is 0. The van der Waals surface area contributed by atoms with E-state index in [9.17, 15) is 9.59 Å². The molecule has 0 saturated heterocycles. The highest BCUT2D eigenvalue weighted by molar-refractivity contribution is 5.81. The molecule has 0 aromatic carbocycles. The maximum Gasteiger partial charge on any atom is 0.330 e. The Hall–Kier alpha value is -1.98. The standard InChI is InChI=1S/C37H68O14/c1-12-36(38)42-15-14-40-18-27(3)44-20-29(5)46-22-31(7)48-24-33(9)50-26-35(11)51-25-34(10)49-23-32(8)47-21-30(6)45-19-28(4)41-16-17-43-37(39)13-2/h12-13,27-35H,1-2,14-26H2,3-11H3. The van der Waals surface area contributed by atoms with E-state index in [1.54, 1.807) is 0 Å². The van der Waals surface area contributed by atoms with Gasteiger partial charge in [-0.2, -0.15) is 0 Å². The largest absolute Gasteiger partial charge is 0.460 e. The van der Waals surface area contributed by atoms with Gasteiger partial charge in [0.05, 0.1) is 128 Å². The van der Waals surface area contributed by atoms with Gasteiger partial charge in [-0.3, -0.25) is 0 Å². The van der Waals surface area contributed by atoms with Crippen molar-refractivity contribution < 1.29 is 66.4 Å². The van der Waals surface area contributed by atoms with Crippen LogP contribution in [0.3, 0.4) is 0 Å². The number of ether oxygens (including phenoxy) is 12. The molecule has 14 heteroatoms. The smallest absolute Gasteiger partial charge is 0.330 e. The Morgan fingerprint density at radius 1 is 0.373 bits per heavy atom. The van der Waals surface area contributed by atoms with E-state index in [-0.39, 0.29) is 68.1 Å². The van der Waals surface area contributed by atoms with Crippen LogP contribution in [0, 0.1) is 0 Å². The zero-order valence-corrected chi connectivity index (χ0v) is 32.7. The van der Waals surface area contributed by atoms with E-state index in [0.29, 0.717) is 72.7 Å². The third-order valence-electron chi connectivity index (χ3n) is 6.81. The fourth-order valence-electron chi connectivity index (χ4n) is 3.79. The Kier molecular flexibility index (Phi) is 30.3. The van der Waals surface area contributed by atoms with Gasteiger partial charge in [-0.15, -0.1) is 0 Å². The Morgan fingerprint density at radius 2 is 0.608 bits per heavy atom. The second-order valence-electron chi connectivity index (χ2n) is 12.7. The highest BCUT2D eigenvalue weighted by Gasteiger charge is 2.15. The molecule has 14 nitrogen and oxygen atoms in total. The summed E-state index contributed by atoms with van der Waals surface area (Å²) < 4.78 is 67.7. The number of rotatable bonds is 35. The predicted molar refractivity (Wildman–Crippen MR) is 192 cm³/mol. The molecule has 0 aromatic heterocycles. The SMILES string of the molecule is C=CC(=O)OCCOCC(C)OCC(C)OCC(C)OCC(C)OCC(C)OCC(C)OCC(C)OCC(C)OCC(C)OCCOC(=O)C=C. The van der Waals surface area contributed by atoms with Crippen LogP contribution in [0.2, 0.25) is 0 Å². The van der Waals surface area contributed by atoms with Crippen LogP contribution in [0.25, 0.3) is 0 Å². The summed E-state index contributed by atoms with van der Waals surface area (Å²) in [6, 6.07) is 0. The van der Waals surface area contributed by atoms with E-state index < -0.39 is 11.9 Å². The van der Waals surface area contributed by atoms with Crippen molar-refractivity contribution >= 4 is 11.9 Å². The average Bonchev–Trinajstić information content (AvgIpc) is 3.12. The second kappa shape index (κ2) is 31.5. The molecule has 9 atom stereocenters. The van der Waals surface area contributed by atoms with E-state index in [0.717, 1.165) is 12.2 Å². The molecule has 0 bridgehead atoms. The normalized spacial score (nSPS) is 17.0. The van der Waals surface area contributed by atoms with Crippen molar-refractivity contribution in [2.24, 2.45) is 0 Å². The lowest BCUT2D eigenvalue weighted by atomic mass is 10.3. The number of hydrogen-bond acceptors (Lipinski definition) is 14. The lowest BCUT2D eigenvalue weighted by Gasteiger charge is -2.23. The van der Waals surface area contributed by atoms with Crippen LogP contribution in [0.1, 0.15) is 62.3 Å². The van der Waals surface area contributed by atoms with Crippen molar-refractivity contribution in [3.8, 4) is 0 Å². The first kappa shape index (κ1) is 49.0. The lowest BCUT2D eigenvalue weighted by molar-refractivity contribution is -0.141. The number of carbonyl (C=O) groups excluding carboxylic acids is 2. The van der Waals surface area contributed by atoms with E-state index in [2.05, 4.69) is 13.2 Å². The van der Waals surface area contributed by atoms with Crippen LogP contribution in [-0.4, -0.2) is 153 Å². The van der Waals surface area contributed by atoms with Gasteiger partial charge in [0.2, 0.25) is 0 Å². The number of carbonyl (C=O) groups is 2. The molecule has 51 heavy (non-hydrogen) atoms. The van der Waals surface area contributed by atoms with Crippen molar-refractivity contribution in [1.29, 1.82) is 0 Å². The molecule has 0 aliphatic heterocycles. The van der Waals surface area contributed by atoms with Gasteiger partial charge >= 0.3 is 11.9 Å². The quantitative estimate of drug-likeness (QED) is 0.0523. The van der Waals surface area contributed by atoms with Gasteiger partial charge in [-0.25, -0.2) is 9.59 Å². The first-order chi connectivity index (χ1) is 24.2. The first-order valence-corrected chi connectivity index (χ1v) is 18.0. The van der Waals surface area contributed by atoms with Crippen LogP contribution >= 0.6 is 0 Å². The number of esters is 2. The molecule has 0 radical (unpaired) electrons. The maximum absolute atomic E-state index is 11.0. The molecule has 0 aliphatic rings. The monoisotopic (exact) mass is 736 g/mol. The fourth-order valence-corrected chi connectivity index (χ4v) is 3.79. The zero-order valence-electron chi connectivity index (χ0n) is 32.7. The van der Waals surface area contributed by atoms with E-state index in [1.165, 1.54) is 0 Å². The Morgan fingerprint density at radius 3 is 0.882 bits per heavy atom. The molecule has 0 saturated carbocycles.